The standard InChI is InChI=1S/C17H20O4/c1-20-13-9-12(10-14(11-13)21-2)7-8-17(19)15-5-3-4-6-16(15)18/h3-6,9-11,17-19H,7-8H2,1-2H3. The molecule has 1 unspecified atom stereocenters. The summed E-state index contributed by atoms with van der Waals surface area (Å²) < 4.78 is 10.5. The maximum atomic E-state index is 10.2. The summed E-state index contributed by atoms with van der Waals surface area (Å²) in [5.41, 5.74) is 1.56. The van der Waals surface area contributed by atoms with Crippen LogP contribution in [0.5, 0.6) is 17.2 Å². The number of hydrogen-bond donors (Lipinski definition) is 2. The quantitative estimate of drug-likeness (QED) is 0.857. The Bertz CT molecular complexity index is 573. The van der Waals surface area contributed by atoms with Gasteiger partial charge in [0.15, 0.2) is 0 Å². The minimum atomic E-state index is -0.705. The van der Waals surface area contributed by atoms with E-state index in [4.69, 9.17) is 9.47 Å². The lowest BCUT2D eigenvalue weighted by atomic mass is 10.0. The van der Waals surface area contributed by atoms with Crippen molar-refractivity contribution in [1.82, 2.24) is 0 Å². The second-order valence-corrected chi connectivity index (χ2v) is 4.83. The maximum Gasteiger partial charge on any atom is 0.122 e. The fourth-order valence-electron chi connectivity index (χ4n) is 2.24. The van der Waals surface area contributed by atoms with E-state index < -0.39 is 6.10 Å². The van der Waals surface area contributed by atoms with Crippen LogP contribution in [0.1, 0.15) is 23.7 Å². The third-order valence-electron chi connectivity index (χ3n) is 3.41. The molecule has 21 heavy (non-hydrogen) atoms. The maximum absolute atomic E-state index is 10.2. The van der Waals surface area contributed by atoms with Gasteiger partial charge in [0, 0.05) is 11.6 Å². The number of ether oxygens (including phenoxy) is 2. The monoisotopic (exact) mass is 288 g/mol. The van der Waals surface area contributed by atoms with Gasteiger partial charge in [-0.3, -0.25) is 0 Å². The Kier molecular flexibility index (Phi) is 5.06. The molecule has 0 heterocycles. The molecule has 2 N–H and O–H groups in total. The van der Waals surface area contributed by atoms with E-state index in [2.05, 4.69) is 0 Å². The van der Waals surface area contributed by atoms with Gasteiger partial charge < -0.3 is 19.7 Å². The summed E-state index contributed by atoms with van der Waals surface area (Å²) in [5, 5.41) is 19.9. The van der Waals surface area contributed by atoms with E-state index in [-0.39, 0.29) is 5.75 Å². The van der Waals surface area contributed by atoms with Gasteiger partial charge in [0.05, 0.1) is 20.3 Å². The van der Waals surface area contributed by atoms with E-state index in [1.54, 1.807) is 38.5 Å². The van der Waals surface area contributed by atoms with E-state index in [1.165, 1.54) is 0 Å². The fourth-order valence-corrected chi connectivity index (χ4v) is 2.24. The minimum Gasteiger partial charge on any atom is -0.508 e. The average molecular weight is 288 g/mol. The van der Waals surface area contributed by atoms with Crippen molar-refractivity contribution < 1.29 is 19.7 Å². The van der Waals surface area contributed by atoms with Gasteiger partial charge >= 0.3 is 0 Å². The first kappa shape index (κ1) is 15.2. The lowest BCUT2D eigenvalue weighted by Crippen LogP contribution is -2.00. The number of aryl methyl sites for hydroxylation is 1. The van der Waals surface area contributed by atoms with Gasteiger partial charge in [-0.15, -0.1) is 0 Å². The van der Waals surface area contributed by atoms with Gasteiger partial charge in [-0.2, -0.15) is 0 Å². The summed E-state index contributed by atoms with van der Waals surface area (Å²) in [6, 6.07) is 12.5. The molecule has 4 nitrogen and oxygen atoms in total. The van der Waals surface area contributed by atoms with Crippen molar-refractivity contribution in [2.75, 3.05) is 14.2 Å². The number of rotatable bonds is 6. The first-order chi connectivity index (χ1) is 10.1. The molecule has 0 bridgehead atoms. The third-order valence-corrected chi connectivity index (χ3v) is 3.41. The van der Waals surface area contributed by atoms with Crippen molar-refractivity contribution in [3.05, 3.63) is 53.6 Å². The lowest BCUT2D eigenvalue weighted by Gasteiger charge is -2.13. The Morgan fingerprint density at radius 2 is 1.62 bits per heavy atom. The average Bonchev–Trinajstić information content (AvgIpc) is 2.52. The van der Waals surface area contributed by atoms with Crippen LogP contribution >= 0.6 is 0 Å². The fraction of sp³-hybridized carbons (Fsp3) is 0.294. The third kappa shape index (κ3) is 3.89. The van der Waals surface area contributed by atoms with Crippen molar-refractivity contribution in [2.24, 2.45) is 0 Å². The Morgan fingerprint density at radius 1 is 1.00 bits per heavy atom. The molecule has 112 valence electrons. The molecule has 0 aliphatic rings. The van der Waals surface area contributed by atoms with Crippen LogP contribution in [0.2, 0.25) is 0 Å². The largest absolute Gasteiger partial charge is 0.508 e. The number of para-hydroxylation sites is 1. The summed E-state index contributed by atoms with van der Waals surface area (Å²) >= 11 is 0. The Morgan fingerprint density at radius 3 is 2.19 bits per heavy atom. The normalized spacial score (nSPS) is 12.0. The lowest BCUT2D eigenvalue weighted by molar-refractivity contribution is 0.164. The van der Waals surface area contributed by atoms with Crippen molar-refractivity contribution in [3.8, 4) is 17.2 Å². The molecule has 0 radical (unpaired) electrons. The highest BCUT2D eigenvalue weighted by Crippen LogP contribution is 2.29. The molecule has 0 aromatic heterocycles. The van der Waals surface area contributed by atoms with Gasteiger partial charge in [0.1, 0.15) is 17.2 Å². The zero-order valence-corrected chi connectivity index (χ0v) is 12.2. The van der Waals surface area contributed by atoms with Crippen LogP contribution in [0.3, 0.4) is 0 Å². The van der Waals surface area contributed by atoms with Crippen LogP contribution < -0.4 is 9.47 Å². The summed E-state index contributed by atoms with van der Waals surface area (Å²) in [6.07, 6.45) is 0.458. The second-order valence-electron chi connectivity index (χ2n) is 4.83. The molecule has 2 aromatic rings. The van der Waals surface area contributed by atoms with Crippen molar-refractivity contribution >= 4 is 0 Å². The van der Waals surface area contributed by atoms with E-state index in [1.807, 2.05) is 18.2 Å². The smallest absolute Gasteiger partial charge is 0.122 e. The molecule has 4 heteroatoms. The number of aliphatic hydroxyl groups is 1. The van der Waals surface area contributed by atoms with Crippen LogP contribution in [0.25, 0.3) is 0 Å². The summed E-state index contributed by atoms with van der Waals surface area (Å²) in [4.78, 5) is 0. The molecule has 0 saturated carbocycles. The zero-order valence-electron chi connectivity index (χ0n) is 12.2. The number of methoxy groups -OCH3 is 2. The van der Waals surface area contributed by atoms with Crippen LogP contribution in [0.15, 0.2) is 42.5 Å². The van der Waals surface area contributed by atoms with Gasteiger partial charge in [0.2, 0.25) is 0 Å². The van der Waals surface area contributed by atoms with E-state index in [9.17, 15) is 10.2 Å². The second kappa shape index (κ2) is 6.99. The highest BCUT2D eigenvalue weighted by molar-refractivity contribution is 5.39. The van der Waals surface area contributed by atoms with Gasteiger partial charge in [-0.1, -0.05) is 18.2 Å². The molecular formula is C17H20O4. The van der Waals surface area contributed by atoms with Crippen LogP contribution in [-0.2, 0) is 6.42 Å². The predicted molar refractivity (Wildman–Crippen MR) is 80.9 cm³/mol. The molecule has 0 amide bonds. The molecule has 0 aliphatic carbocycles. The van der Waals surface area contributed by atoms with E-state index in [0.29, 0.717) is 18.4 Å². The number of phenols is 1. The Hall–Kier alpha value is -2.20. The van der Waals surface area contributed by atoms with Gasteiger partial charge in [0.25, 0.3) is 0 Å². The minimum absolute atomic E-state index is 0.119. The Balaban J connectivity index is 2.07. The Labute approximate surface area is 124 Å². The molecule has 0 fully saturated rings. The highest BCUT2D eigenvalue weighted by atomic mass is 16.5. The number of aromatic hydroxyl groups is 1. The predicted octanol–water partition coefficient (Wildman–Crippen LogP) is 3.08. The first-order valence-corrected chi connectivity index (χ1v) is 6.82. The van der Waals surface area contributed by atoms with Crippen LogP contribution in [-0.4, -0.2) is 24.4 Å². The topological polar surface area (TPSA) is 58.9 Å². The molecule has 0 saturated heterocycles. The summed E-state index contributed by atoms with van der Waals surface area (Å²) in [6.45, 7) is 0. The molecule has 0 spiro atoms. The van der Waals surface area contributed by atoms with Crippen molar-refractivity contribution in [2.45, 2.75) is 18.9 Å². The number of benzene rings is 2. The first-order valence-electron chi connectivity index (χ1n) is 6.82. The SMILES string of the molecule is COc1cc(CCC(O)c2ccccc2O)cc(OC)c1. The zero-order chi connectivity index (χ0) is 15.2. The summed E-state index contributed by atoms with van der Waals surface area (Å²) in [7, 11) is 3.21. The van der Waals surface area contributed by atoms with Crippen molar-refractivity contribution in [3.63, 3.8) is 0 Å². The number of phenolic OH excluding ortho intramolecular Hbond substituents is 1. The number of aliphatic hydroxyl groups excluding tert-OH is 1. The van der Waals surface area contributed by atoms with E-state index in [0.717, 1.165) is 17.1 Å². The molecule has 2 rings (SSSR count). The molecule has 2 aromatic carbocycles. The highest BCUT2D eigenvalue weighted by Gasteiger charge is 2.12. The number of hydrogen-bond acceptors (Lipinski definition) is 4. The van der Waals surface area contributed by atoms with Crippen LogP contribution in [0.4, 0.5) is 0 Å². The van der Waals surface area contributed by atoms with Crippen LogP contribution in [0, 0.1) is 0 Å². The molecule has 1 atom stereocenters. The van der Waals surface area contributed by atoms with Crippen molar-refractivity contribution in [1.29, 1.82) is 0 Å². The molecule has 0 aliphatic heterocycles. The summed E-state index contributed by atoms with van der Waals surface area (Å²) in [5.74, 6) is 1.57. The van der Waals surface area contributed by atoms with E-state index >= 15 is 0 Å². The molecular weight excluding hydrogens is 268 g/mol. The van der Waals surface area contributed by atoms with Gasteiger partial charge in [-0.25, -0.2) is 0 Å². The van der Waals surface area contributed by atoms with Gasteiger partial charge in [-0.05, 0) is 36.6 Å².